The number of benzene rings is 1. The van der Waals surface area contributed by atoms with Crippen molar-refractivity contribution in [1.29, 1.82) is 0 Å². The van der Waals surface area contributed by atoms with E-state index < -0.39 is 0 Å². The van der Waals surface area contributed by atoms with Crippen molar-refractivity contribution in [1.82, 2.24) is 4.90 Å². The van der Waals surface area contributed by atoms with E-state index in [9.17, 15) is 4.39 Å². The summed E-state index contributed by atoms with van der Waals surface area (Å²) in [5.41, 5.74) is 6.72. The molecule has 3 heteroatoms. The summed E-state index contributed by atoms with van der Waals surface area (Å²) in [6, 6.07) is 7.10. The monoisotopic (exact) mass is 264 g/mol. The molecule has 106 valence electrons. The first-order valence-corrected chi connectivity index (χ1v) is 7.43. The van der Waals surface area contributed by atoms with Gasteiger partial charge in [0.05, 0.1) is 0 Å². The molecule has 2 N–H and O–H groups in total. The molecule has 1 fully saturated rings. The Labute approximate surface area is 115 Å². The van der Waals surface area contributed by atoms with Crippen molar-refractivity contribution in [3.63, 3.8) is 0 Å². The first kappa shape index (κ1) is 14.5. The topological polar surface area (TPSA) is 29.3 Å². The van der Waals surface area contributed by atoms with Crippen LogP contribution in [0.25, 0.3) is 0 Å². The van der Waals surface area contributed by atoms with Crippen LogP contribution >= 0.6 is 0 Å². The second-order valence-electron chi connectivity index (χ2n) is 5.54. The maximum absolute atomic E-state index is 13.9. The molecular formula is C16H25FN2. The molecule has 1 aromatic carbocycles. The van der Waals surface area contributed by atoms with E-state index >= 15 is 0 Å². The predicted molar refractivity (Wildman–Crippen MR) is 77.7 cm³/mol. The third-order valence-electron chi connectivity index (χ3n) is 4.30. The quantitative estimate of drug-likeness (QED) is 0.886. The molecule has 1 aliphatic rings. The van der Waals surface area contributed by atoms with Gasteiger partial charge in [0.2, 0.25) is 0 Å². The minimum Gasteiger partial charge on any atom is -0.330 e. The summed E-state index contributed by atoms with van der Waals surface area (Å²) in [4.78, 5) is 2.51. The number of halogens is 1. The van der Waals surface area contributed by atoms with E-state index in [4.69, 9.17) is 5.73 Å². The van der Waals surface area contributed by atoms with Gasteiger partial charge in [-0.15, -0.1) is 0 Å². The van der Waals surface area contributed by atoms with E-state index in [1.807, 2.05) is 12.1 Å². The van der Waals surface area contributed by atoms with Crippen molar-refractivity contribution in [3.8, 4) is 0 Å². The van der Waals surface area contributed by atoms with Gasteiger partial charge in [-0.2, -0.15) is 0 Å². The van der Waals surface area contributed by atoms with Crippen LogP contribution in [-0.4, -0.2) is 31.1 Å². The third-order valence-corrected chi connectivity index (χ3v) is 4.30. The van der Waals surface area contributed by atoms with Crippen LogP contribution in [-0.2, 0) is 0 Å². The predicted octanol–water partition coefficient (Wildman–Crippen LogP) is 2.99. The fraction of sp³-hybridized carbons (Fsp3) is 0.625. The zero-order valence-electron chi connectivity index (χ0n) is 11.8. The highest BCUT2D eigenvalue weighted by molar-refractivity contribution is 5.23. The van der Waals surface area contributed by atoms with E-state index in [2.05, 4.69) is 11.8 Å². The lowest BCUT2D eigenvalue weighted by Crippen LogP contribution is -2.37. The highest BCUT2D eigenvalue weighted by Crippen LogP contribution is 2.33. The minimum atomic E-state index is -0.103. The number of likely N-dealkylation sites (tertiary alicyclic amines) is 1. The molecule has 0 radical (unpaired) electrons. The second-order valence-corrected chi connectivity index (χ2v) is 5.54. The molecule has 2 nitrogen and oxygen atoms in total. The summed E-state index contributed by atoms with van der Waals surface area (Å²) in [7, 11) is 0. The smallest absolute Gasteiger partial charge is 0.126 e. The van der Waals surface area contributed by atoms with E-state index in [1.165, 1.54) is 13.0 Å². The average Bonchev–Trinajstić information content (AvgIpc) is 2.44. The van der Waals surface area contributed by atoms with Crippen LogP contribution in [0.2, 0.25) is 0 Å². The Balaban J connectivity index is 2.02. The van der Waals surface area contributed by atoms with E-state index in [1.54, 1.807) is 12.1 Å². The van der Waals surface area contributed by atoms with Crippen LogP contribution in [0.3, 0.4) is 0 Å². The number of hydrogen-bond acceptors (Lipinski definition) is 2. The molecule has 1 aliphatic heterocycles. The van der Waals surface area contributed by atoms with E-state index in [-0.39, 0.29) is 11.7 Å². The highest BCUT2D eigenvalue weighted by atomic mass is 19.1. The van der Waals surface area contributed by atoms with Crippen LogP contribution in [0, 0.1) is 11.7 Å². The molecule has 0 saturated carbocycles. The number of rotatable bonds is 5. The van der Waals surface area contributed by atoms with Gasteiger partial charge >= 0.3 is 0 Å². The lowest BCUT2D eigenvalue weighted by molar-refractivity contribution is 0.168. The molecule has 1 aromatic rings. The van der Waals surface area contributed by atoms with Gasteiger partial charge in [-0.05, 0) is 63.0 Å². The number of hydrogen-bond donors (Lipinski definition) is 1. The average molecular weight is 264 g/mol. The summed E-state index contributed by atoms with van der Waals surface area (Å²) in [5, 5.41) is 0. The van der Waals surface area contributed by atoms with Gasteiger partial charge in [0.15, 0.2) is 0 Å². The maximum Gasteiger partial charge on any atom is 0.126 e. The first-order chi connectivity index (χ1) is 9.26. The van der Waals surface area contributed by atoms with Gasteiger partial charge in [-0.1, -0.05) is 25.1 Å². The van der Waals surface area contributed by atoms with Crippen molar-refractivity contribution < 1.29 is 4.39 Å². The molecule has 1 atom stereocenters. The highest BCUT2D eigenvalue weighted by Gasteiger charge is 2.27. The standard InChI is InChI=1S/C16H25FN2/c1-2-9-19-10-7-13(8-11-19)15(12-18)14-5-3-4-6-16(14)17/h3-6,13,15H,2,7-12,18H2,1H3. The van der Waals surface area contributed by atoms with Crippen molar-refractivity contribution in [2.45, 2.75) is 32.1 Å². The van der Waals surface area contributed by atoms with Crippen molar-refractivity contribution >= 4 is 0 Å². The Morgan fingerprint density at radius 1 is 1.32 bits per heavy atom. The second kappa shape index (κ2) is 7.01. The molecule has 0 amide bonds. The zero-order valence-corrected chi connectivity index (χ0v) is 11.8. The fourth-order valence-electron chi connectivity index (χ4n) is 3.24. The molecule has 0 aliphatic carbocycles. The van der Waals surface area contributed by atoms with Gasteiger partial charge in [-0.25, -0.2) is 4.39 Å². The Hall–Kier alpha value is -0.930. The number of nitrogens with two attached hydrogens (primary N) is 1. The number of nitrogens with zero attached hydrogens (tertiary/aromatic N) is 1. The minimum absolute atomic E-state index is 0.103. The van der Waals surface area contributed by atoms with E-state index in [0.29, 0.717) is 12.5 Å². The van der Waals surface area contributed by atoms with Crippen LogP contribution < -0.4 is 5.73 Å². The molecule has 1 heterocycles. The van der Waals surface area contributed by atoms with Crippen molar-refractivity contribution in [3.05, 3.63) is 35.6 Å². The molecule has 1 saturated heterocycles. The molecule has 2 rings (SSSR count). The van der Waals surface area contributed by atoms with Gasteiger partial charge in [0, 0.05) is 5.92 Å². The largest absolute Gasteiger partial charge is 0.330 e. The van der Waals surface area contributed by atoms with Crippen LogP contribution in [0.1, 0.15) is 37.7 Å². The Kier molecular flexibility index (Phi) is 5.34. The summed E-state index contributed by atoms with van der Waals surface area (Å²) in [5.74, 6) is 0.592. The molecule has 1 unspecified atom stereocenters. The normalized spacial score (nSPS) is 19.5. The Morgan fingerprint density at radius 3 is 2.58 bits per heavy atom. The van der Waals surface area contributed by atoms with Gasteiger partial charge < -0.3 is 10.6 Å². The third kappa shape index (κ3) is 3.54. The van der Waals surface area contributed by atoms with Crippen LogP contribution in [0.15, 0.2) is 24.3 Å². The summed E-state index contributed by atoms with van der Waals surface area (Å²) in [6.07, 6.45) is 3.48. The molecule has 0 aromatic heterocycles. The summed E-state index contributed by atoms with van der Waals surface area (Å²) < 4.78 is 13.9. The van der Waals surface area contributed by atoms with Crippen LogP contribution in [0.4, 0.5) is 4.39 Å². The molecule has 0 bridgehead atoms. The SMILES string of the molecule is CCCN1CCC(C(CN)c2ccccc2F)CC1. The van der Waals surface area contributed by atoms with Gasteiger partial charge in [0.25, 0.3) is 0 Å². The zero-order chi connectivity index (χ0) is 13.7. The lowest BCUT2D eigenvalue weighted by atomic mass is 9.80. The van der Waals surface area contributed by atoms with Gasteiger partial charge in [0.1, 0.15) is 5.82 Å². The molecular weight excluding hydrogens is 239 g/mol. The molecule has 19 heavy (non-hydrogen) atoms. The number of piperidine rings is 1. The summed E-state index contributed by atoms with van der Waals surface area (Å²) >= 11 is 0. The lowest BCUT2D eigenvalue weighted by Gasteiger charge is -2.36. The Bertz CT molecular complexity index is 386. The summed E-state index contributed by atoms with van der Waals surface area (Å²) in [6.45, 7) is 6.19. The van der Waals surface area contributed by atoms with E-state index in [0.717, 1.165) is 31.5 Å². The molecule has 0 spiro atoms. The van der Waals surface area contributed by atoms with Gasteiger partial charge in [-0.3, -0.25) is 0 Å². The maximum atomic E-state index is 13.9. The van der Waals surface area contributed by atoms with Crippen molar-refractivity contribution in [2.24, 2.45) is 11.7 Å². The van der Waals surface area contributed by atoms with Crippen molar-refractivity contribution in [2.75, 3.05) is 26.2 Å². The van der Waals surface area contributed by atoms with Crippen LogP contribution in [0.5, 0.6) is 0 Å². The first-order valence-electron chi connectivity index (χ1n) is 7.43. The Morgan fingerprint density at radius 2 is 2.00 bits per heavy atom. The fourth-order valence-corrected chi connectivity index (χ4v) is 3.24.